The highest BCUT2D eigenvalue weighted by molar-refractivity contribution is 5.77. The number of hydrogen-bond acceptors (Lipinski definition) is 5. The van der Waals surface area contributed by atoms with Gasteiger partial charge in [0.05, 0.1) is 6.20 Å². The Bertz CT molecular complexity index is 1020. The lowest BCUT2D eigenvalue weighted by Crippen LogP contribution is -2.17. The topological polar surface area (TPSA) is 74.8 Å². The molecule has 154 valence electrons. The molecular weight excluding hydrogens is 366 g/mol. The highest BCUT2D eigenvalue weighted by Gasteiger charge is 2.41. The van der Waals surface area contributed by atoms with Gasteiger partial charge in [-0.05, 0) is 31.4 Å². The van der Waals surface area contributed by atoms with E-state index in [0.29, 0.717) is 18.8 Å². The fraction of sp³-hybridized carbons (Fsp3) is 0.545. The number of carbonyl (C=O) groups excluding carboxylic acids is 1. The van der Waals surface area contributed by atoms with Crippen molar-refractivity contribution in [3.8, 4) is 0 Å². The predicted octanol–water partition coefficient (Wildman–Crippen LogP) is 3.92. The smallest absolute Gasteiger partial charge is 0.331 e. The first kappa shape index (κ1) is 19.6. The highest BCUT2D eigenvalue weighted by Crippen LogP contribution is 2.33. The number of nitrogens with zero attached hydrogens (tertiary/aromatic N) is 5. The van der Waals surface area contributed by atoms with Crippen molar-refractivity contribution >= 4 is 17.0 Å². The zero-order chi connectivity index (χ0) is 20.6. The van der Waals surface area contributed by atoms with Crippen LogP contribution in [0.4, 0.5) is 0 Å². The van der Waals surface area contributed by atoms with E-state index >= 15 is 0 Å². The van der Waals surface area contributed by atoms with Gasteiger partial charge in [0.15, 0.2) is 6.04 Å². The van der Waals surface area contributed by atoms with Crippen LogP contribution in [0, 0.1) is 5.92 Å². The third-order valence-corrected chi connectivity index (χ3v) is 5.83. The van der Waals surface area contributed by atoms with Crippen molar-refractivity contribution in [1.29, 1.82) is 0 Å². The first-order valence-corrected chi connectivity index (χ1v) is 10.4. The predicted molar refractivity (Wildman–Crippen MR) is 110 cm³/mol. The summed E-state index contributed by atoms with van der Waals surface area (Å²) in [5, 5.41) is 5.46. The van der Waals surface area contributed by atoms with E-state index in [-0.39, 0.29) is 12.0 Å². The summed E-state index contributed by atoms with van der Waals surface area (Å²) in [6, 6.07) is 1.71. The Hall–Kier alpha value is -2.70. The molecule has 1 atom stereocenters. The van der Waals surface area contributed by atoms with Gasteiger partial charge in [0.1, 0.15) is 17.1 Å². The fourth-order valence-corrected chi connectivity index (χ4v) is 4.02. The standard InChI is InChI=1S/C22H29N5O2/c1-5-15(6-2)13-26-8-7-17-12-23-19(25-20(17)26)9-16-11-24-27(14-16)18-10-22(3,4)29-21(18)28/h7-8,11-12,14-15,18H,5-6,9-10,13H2,1-4H3. The van der Waals surface area contributed by atoms with Crippen LogP contribution in [0.15, 0.2) is 30.9 Å². The number of aromatic nitrogens is 5. The highest BCUT2D eigenvalue weighted by atomic mass is 16.6. The molecule has 0 radical (unpaired) electrons. The van der Waals surface area contributed by atoms with Crippen LogP contribution in [0.25, 0.3) is 11.0 Å². The molecule has 0 bridgehead atoms. The van der Waals surface area contributed by atoms with Gasteiger partial charge in [-0.25, -0.2) is 14.8 Å². The van der Waals surface area contributed by atoms with Crippen molar-refractivity contribution in [3.63, 3.8) is 0 Å². The van der Waals surface area contributed by atoms with Gasteiger partial charge in [-0.2, -0.15) is 5.10 Å². The van der Waals surface area contributed by atoms with Gasteiger partial charge < -0.3 is 9.30 Å². The summed E-state index contributed by atoms with van der Waals surface area (Å²) < 4.78 is 9.36. The molecule has 1 unspecified atom stereocenters. The van der Waals surface area contributed by atoms with E-state index in [9.17, 15) is 4.79 Å². The van der Waals surface area contributed by atoms with Crippen molar-refractivity contribution < 1.29 is 9.53 Å². The summed E-state index contributed by atoms with van der Waals surface area (Å²) >= 11 is 0. The molecule has 7 heteroatoms. The first-order chi connectivity index (χ1) is 13.9. The summed E-state index contributed by atoms with van der Waals surface area (Å²) in [6.07, 6.45) is 11.2. The van der Waals surface area contributed by atoms with Gasteiger partial charge in [-0.15, -0.1) is 0 Å². The lowest BCUT2D eigenvalue weighted by atomic mass is 10.0. The van der Waals surface area contributed by atoms with Crippen LogP contribution in [0.2, 0.25) is 0 Å². The van der Waals surface area contributed by atoms with E-state index in [2.05, 4.69) is 40.8 Å². The average molecular weight is 396 g/mol. The molecule has 7 nitrogen and oxygen atoms in total. The Kier molecular flexibility index (Phi) is 5.15. The van der Waals surface area contributed by atoms with Gasteiger partial charge >= 0.3 is 5.97 Å². The fourth-order valence-electron chi connectivity index (χ4n) is 4.02. The number of carbonyl (C=O) groups is 1. The molecule has 29 heavy (non-hydrogen) atoms. The van der Waals surface area contributed by atoms with Gasteiger partial charge in [0, 0.05) is 43.4 Å². The molecule has 1 aliphatic rings. The van der Waals surface area contributed by atoms with Gasteiger partial charge in [0.2, 0.25) is 0 Å². The quantitative estimate of drug-likeness (QED) is 0.567. The minimum Gasteiger partial charge on any atom is -0.458 e. The number of esters is 1. The molecule has 4 heterocycles. The lowest BCUT2D eigenvalue weighted by Gasteiger charge is -2.14. The van der Waals surface area contributed by atoms with E-state index in [1.165, 1.54) is 0 Å². The summed E-state index contributed by atoms with van der Waals surface area (Å²) in [4.78, 5) is 21.5. The molecule has 0 aliphatic carbocycles. The monoisotopic (exact) mass is 395 g/mol. The number of hydrogen-bond donors (Lipinski definition) is 0. The van der Waals surface area contributed by atoms with Crippen LogP contribution >= 0.6 is 0 Å². The summed E-state index contributed by atoms with van der Waals surface area (Å²) in [5.41, 5.74) is 1.53. The minimum absolute atomic E-state index is 0.221. The molecule has 3 aromatic rings. The van der Waals surface area contributed by atoms with Crippen molar-refractivity contribution in [2.45, 2.75) is 71.6 Å². The van der Waals surface area contributed by atoms with E-state index in [4.69, 9.17) is 9.72 Å². The first-order valence-electron chi connectivity index (χ1n) is 10.4. The Morgan fingerprint density at radius 3 is 2.76 bits per heavy atom. The number of ether oxygens (including phenoxy) is 1. The third-order valence-electron chi connectivity index (χ3n) is 5.83. The Morgan fingerprint density at radius 1 is 1.28 bits per heavy atom. The van der Waals surface area contributed by atoms with Crippen LogP contribution < -0.4 is 0 Å². The maximum absolute atomic E-state index is 12.1. The van der Waals surface area contributed by atoms with Crippen LogP contribution in [0.5, 0.6) is 0 Å². The average Bonchev–Trinajstić information content (AvgIpc) is 3.37. The minimum atomic E-state index is -0.442. The molecular formula is C22H29N5O2. The maximum Gasteiger partial charge on any atom is 0.331 e. The number of cyclic esters (lactones) is 1. The SMILES string of the molecule is CCC(CC)Cn1ccc2cnc(Cc3cnn(C4CC(C)(C)OC4=O)c3)nc21. The van der Waals surface area contributed by atoms with E-state index in [1.807, 2.05) is 26.2 Å². The van der Waals surface area contributed by atoms with Crippen LogP contribution in [0.1, 0.15) is 64.4 Å². The second-order valence-corrected chi connectivity index (χ2v) is 8.62. The normalized spacial score (nSPS) is 18.7. The third kappa shape index (κ3) is 4.04. The number of fused-ring (bicyclic) bond motifs is 1. The molecule has 1 aliphatic heterocycles. The van der Waals surface area contributed by atoms with Crippen LogP contribution in [-0.4, -0.2) is 35.9 Å². The van der Waals surface area contributed by atoms with Crippen molar-refractivity contribution in [3.05, 3.63) is 42.2 Å². The van der Waals surface area contributed by atoms with Crippen LogP contribution in [-0.2, 0) is 22.5 Å². The lowest BCUT2D eigenvalue weighted by molar-refractivity contribution is -0.148. The Labute approximate surface area is 171 Å². The zero-order valence-electron chi connectivity index (χ0n) is 17.6. The maximum atomic E-state index is 12.1. The van der Waals surface area contributed by atoms with Crippen molar-refractivity contribution in [2.75, 3.05) is 0 Å². The van der Waals surface area contributed by atoms with Gasteiger partial charge in [-0.1, -0.05) is 26.7 Å². The molecule has 1 saturated heterocycles. The van der Waals surface area contributed by atoms with Crippen LogP contribution in [0.3, 0.4) is 0 Å². The van der Waals surface area contributed by atoms with E-state index in [1.54, 1.807) is 10.9 Å². The molecule has 3 aromatic heterocycles. The summed E-state index contributed by atoms with van der Waals surface area (Å²) in [7, 11) is 0. The molecule has 1 fully saturated rings. The Morgan fingerprint density at radius 2 is 2.07 bits per heavy atom. The molecule has 0 N–H and O–H groups in total. The number of rotatable bonds is 7. The van der Waals surface area contributed by atoms with E-state index in [0.717, 1.165) is 41.8 Å². The largest absolute Gasteiger partial charge is 0.458 e. The molecule has 0 spiro atoms. The second-order valence-electron chi connectivity index (χ2n) is 8.62. The van der Waals surface area contributed by atoms with Gasteiger partial charge in [0.25, 0.3) is 0 Å². The Balaban J connectivity index is 1.53. The molecule has 0 saturated carbocycles. The summed E-state index contributed by atoms with van der Waals surface area (Å²) in [6.45, 7) is 9.30. The summed E-state index contributed by atoms with van der Waals surface area (Å²) in [5.74, 6) is 1.19. The second kappa shape index (κ2) is 7.61. The van der Waals surface area contributed by atoms with Crippen molar-refractivity contribution in [2.24, 2.45) is 5.92 Å². The van der Waals surface area contributed by atoms with Gasteiger partial charge in [-0.3, -0.25) is 4.68 Å². The molecule has 0 aromatic carbocycles. The van der Waals surface area contributed by atoms with Crippen molar-refractivity contribution in [1.82, 2.24) is 24.3 Å². The molecule has 0 amide bonds. The zero-order valence-corrected chi connectivity index (χ0v) is 17.6. The molecule has 4 rings (SSSR count). The van der Waals surface area contributed by atoms with E-state index < -0.39 is 5.60 Å².